The molecule has 0 aromatic rings. The van der Waals surface area contributed by atoms with Gasteiger partial charge >= 0.3 is 6.09 Å². The highest BCUT2D eigenvalue weighted by molar-refractivity contribution is 6.06. The minimum Gasteiger partial charge on any atom is -0.444 e. The molecule has 0 aromatic carbocycles. The summed E-state index contributed by atoms with van der Waals surface area (Å²) in [5.74, 6) is 1.34. The molecule has 0 aromatic heterocycles. The molecule has 1 aliphatic rings. The lowest BCUT2D eigenvalue weighted by Crippen LogP contribution is -2.43. The highest BCUT2D eigenvalue weighted by Crippen LogP contribution is 2.14. The van der Waals surface area contributed by atoms with Crippen LogP contribution < -0.4 is 5.32 Å². The predicted molar refractivity (Wildman–Crippen MR) is 63.3 cm³/mol. The summed E-state index contributed by atoms with van der Waals surface area (Å²) >= 11 is 0. The van der Waals surface area contributed by atoms with Gasteiger partial charge in [-0.3, -0.25) is 14.5 Å². The van der Waals surface area contributed by atoms with Gasteiger partial charge in [0.1, 0.15) is 11.6 Å². The van der Waals surface area contributed by atoms with Crippen LogP contribution in [0.1, 0.15) is 27.2 Å². The first kappa shape index (κ1) is 14.0. The molecule has 0 saturated carbocycles. The summed E-state index contributed by atoms with van der Waals surface area (Å²) < 4.78 is 5.01. The molecule has 1 fully saturated rings. The summed E-state index contributed by atoms with van der Waals surface area (Å²) in [4.78, 5) is 35.6. The molecule has 1 heterocycles. The Balaban J connectivity index is 2.60. The van der Waals surface area contributed by atoms with Crippen molar-refractivity contribution in [3.05, 3.63) is 0 Å². The molecule has 3 amide bonds. The largest absolute Gasteiger partial charge is 0.444 e. The quantitative estimate of drug-likeness (QED) is 0.565. The van der Waals surface area contributed by atoms with E-state index in [-0.39, 0.29) is 18.9 Å². The van der Waals surface area contributed by atoms with Crippen LogP contribution >= 0.6 is 0 Å². The van der Waals surface area contributed by atoms with E-state index in [0.717, 1.165) is 4.90 Å². The van der Waals surface area contributed by atoms with Gasteiger partial charge in [0.15, 0.2) is 0 Å². The molecular formula is C12H16N2O4. The Kier molecular flexibility index (Phi) is 3.96. The maximum atomic E-state index is 11.7. The zero-order chi connectivity index (χ0) is 13.9. The number of likely N-dealkylation sites (tertiary alicyclic amines) is 1. The highest BCUT2D eigenvalue weighted by atomic mass is 16.6. The molecule has 18 heavy (non-hydrogen) atoms. The lowest BCUT2D eigenvalue weighted by Gasteiger charge is -2.21. The van der Waals surface area contributed by atoms with Crippen LogP contribution in [-0.4, -0.2) is 41.0 Å². The smallest absolute Gasteiger partial charge is 0.408 e. The number of imide groups is 1. The van der Waals surface area contributed by atoms with E-state index in [9.17, 15) is 14.4 Å². The summed E-state index contributed by atoms with van der Waals surface area (Å²) in [6.45, 7) is 5.04. The molecular weight excluding hydrogens is 236 g/mol. The predicted octanol–water partition coefficient (Wildman–Crippen LogP) is 0.272. The minimum absolute atomic E-state index is 0.0792. The van der Waals surface area contributed by atoms with Gasteiger partial charge in [-0.15, -0.1) is 6.42 Å². The van der Waals surface area contributed by atoms with E-state index < -0.39 is 23.6 Å². The van der Waals surface area contributed by atoms with Crippen molar-refractivity contribution in [2.75, 3.05) is 6.54 Å². The van der Waals surface area contributed by atoms with Crippen molar-refractivity contribution in [1.82, 2.24) is 10.2 Å². The third-order valence-electron chi connectivity index (χ3n) is 2.18. The Morgan fingerprint density at radius 2 is 2.17 bits per heavy atom. The second-order valence-electron chi connectivity index (χ2n) is 4.93. The van der Waals surface area contributed by atoms with Crippen molar-refractivity contribution in [2.45, 2.75) is 38.8 Å². The SMILES string of the molecule is C#CCN1C(=O)C[C@H](NC(=O)OC(C)(C)C)C1=O. The standard InChI is InChI=1S/C12H16N2O4/c1-5-6-14-9(15)7-8(10(14)16)13-11(17)18-12(2,3)4/h1,8H,6-7H2,2-4H3,(H,13,17)/t8-/m0/s1. The summed E-state index contributed by atoms with van der Waals surface area (Å²) in [5.41, 5.74) is -0.658. The Bertz CT molecular complexity index is 417. The maximum Gasteiger partial charge on any atom is 0.408 e. The molecule has 1 atom stereocenters. The Labute approximate surface area is 106 Å². The number of rotatable bonds is 2. The van der Waals surface area contributed by atoms with Gasteiger partial charge in [0.2, 0.25) is 5.91 Å². The lowest BCUT2D eigenvalue weighted by atomic mass is 10.2. The first-order chi connectivity index (χ1) is 8.24. The first-order valence-electron chi connectivity index (χ1n) is 5.52. The Hall–Kier alpha value is -2.03. The zero-order valence-corrected chi connectivity index (χ0v) is 10.6. The lowest BCUT2D eigenvalue weighted by molar-refractivity contribution is -0.138. The van der Waals surface area contributed by atoms with E-state index >= 15 is 0 Å². The van der Waals surface area contributed by atoms with Crippen molar-refractivity contribution in [3.8, 4) is 12.3 Å². The van der Waals surface area contributed by atoms with Gasteiger partial charge in [-0.05, 0) is 20.8 Å². The van der Waals surface area contributed by atoms with E-state index in [4.69, 9.17) is 11.2 Å². The number of amides is 3. The van der Waals surface area contributed by atoms with E-state index in [1.165, 1.54) is 0 Å². The van der Waals surface area contributed by atoms with Crippen LogP contribution in [0, 0.1) is 12.3 Å². The molecule has 0 aliphatic carbocycles. The third kappa shape index (κ3) is 3.48. The van der Waals surface area contributed by atoms with E-state index in [1.54, 1.807) is 20.8 Å². The van der Waals surface area contributed by atoms with Gasteiger partial charge in [0.25, 0.3) is 5.91 Å². The molecule has 6 nitrogen and oxygen atoms in total. The molecule has 0 unspecified atom stereocenters. The van der Waals surface area contributed by atoms with Crippen LogP contribution in [0.3, 0.4) is 0 Å². The first-order valence-corrected chi connectivity index (χ1v) is 5.52. The van der Waals surface area contributed by atoms with Crippen LogP contribution in [0.25, 0.3) is 0 Å². The maximum absolute atomic E-state index is 11.7. The molecule has 1 aliphatic heterocycles. The van der Waals surface area contributed by atoms with Crippen molar-refractivity contribution in [3.63, 3.8) is 0 Å². The summed E-state index contributed by atoms with van der Waals surface area (Å²) in [6.07, 6.45) is 4.25. The van der Waals surface area contributed by atoms with Crippen molar-refractivity contribution < 1.29 is 19.1 Å². The second kappa shape index (κ2) is 5.08. The zero-order valence-electron chi connectivity index (χ0n) is 10.6. The van der Waals surface area contributed by atoms with Crippen molar-refractivity contribution in [2.24, 2.45) is 0 Å². The van der Waals surface area contributed by atoms with Gasteiger partial charge < -0.3 is 10.1 Å². The summed E-state index contributed by atoms with van der Waals surface area (Å²) in [6, 6.07) is -0.888. The van der Waals surface area contributed by atoms with E-state index in [0.29, 0.717) is 0 Å². The number of carbonyl (C=O) groups excluding carboxylic acids is 3. The molecule has 0 radical (unpaired) electrons. The van der Waals surface area contributed by atoms with Crippen LogP contribution in [0.5, 0.6) is 0 Å². The topological polar surface area (TPSA) is 75.7 Å². The fraction of sp³-hybridized carbons (Fsp3) is 0.583. The number of terminal acetylenes is 1. The second-order valence-corrected chi connectivity index (χ2v) is 4.93. The minimum atomic E-state index is -0.888. The third-order valence-corrected chi connectivity index (χ3v) is 2.18. The number of nitrogens with one attached hydrogen (secondary N) is 1. The van der Waals surface area contributed by atoms with Crippen LogP contribution in [0.15, 0.2) is 0 Å². The van der Waals surface area contributed by atoms with Gasteiger partial charge in [-0.2, -0.15) is 0 Å². The normalized spacial score (nSPS) is 19.7. The Morgan fingerprint density at radius 1 is 1.56 bits per heavy atom. The van der Waals surface area contributed by atoms with Crippen molar-refractivity contribution in [1.29, 1.82) is 0 Å². The van der Waals surface area contributed by atoms with Gasteiger partial charge in [-0.1, -0.05) is 5.92 Å². The number of hydrogen-bond donors (Lipinski definition) is 1. The number of nitrogens with zero attached hydrogens (tertiary/aromatic N) is 1. The van der Waals surface area contributed by atoms with Gasteiger partial charge in [-0.25, -0.2) is 4.79 Å². The number of alkyl carbamates (subject to hydrolysis) is 1. The molecule has 1 N–H and O–H groups in total. The van der Waals surface area contributed by atoms with Crippen LogP contribution in [0.2, 0.25) is 0 Å². The van der Waals surface area contributed by atoms with Gasteiger partial charge in [0.05, 0.1) is 13.0 Å². The fourth-order valence-corrected chi connectivity index (χ4v) is 1.50. The molecule has 1 rings (SSSR count). The number of carbonyl (C=O) groups is 3. The molecule has 1 saturated heterocycles. The van der Waals surface area contributed by atoms with Crippen LogP contribution in [-0.2, 0) is 14.3 Å². The average molecular weight is 252 g/mol. The van der Waals surface area contributed by atoms with Gasteiger partial charge in [0, 0.05) is 0 Å². The fourth-order valence-electron chi connectivity index (χ4n) is 1.50. The molecule has 0 spiro atoms. The Morgan fingerprint density at radius 3 is 2.67 bits per heavy atom. The van der Waals surface area contributed by atoms with E-state index in [1.807, 2.05) is 0 Å². The highest BCUT2D eigenvalue weighted by Gasteiger charge is 2.39. The monoisotopic (exact) mass is 252 g/mol. The summed E-state index contributed by atoms with van der Waals surface area (Å²) in [5, 5.41) is 2.36. The molecule has 0 bridgehead atoms. The van der Waals surface area contributed by atoms with E-state index in [2.05, 4.69) is 11.2 Å². The average Bonchev–Trinajstić information content (AvgIpc) is 2.43. The molecule has 6 heteroatoms. The number of hydrogen-bond acceptors (Lipinski definition) is 4. The number of ether oxygens (including phenoxy) is 1. The summed E-state index contributed by atoms with van der Waals surface area (Å²) in [7, 11) is 0. The molecule has 98 valence electrons. The van der Waals surface area contributed by atoms with Crippen LogP contribution in [0.4, 0.5) is 4.79 Å². The van der Waals surface area contributed by atoms with Crippen molar-refractivity contribution >= 4 is 17.9 Å².